The third kappa shape index (κ3) is 4.75. The van der Waals surface area contributed by atoms with Crippen LogP contribution >= 0.6 is 0 Å². The summed E-state index contributed by atoms with van der Waals surface area (Å²) in [5.74, 6) is 1.82. The van der Waals surface area contributed by atoms with Crippen molar-refractivity contribution in [1.82, 2.24) is 4.90 Å². The number of piperidine rings is 1. The minimum atomic E-state index is 0.556. The second-order valence-electron chi connectivity index (χ2n) is 6.90. The fourth-order valence-corrected chi connectivity index (χ4v) is 3.64. The van der Waals surface area contributed by atoms with E-state index in [-0.39, 0.29) is 0 Å². The number of likely N-dealkylation sites (tertiary alicyclic amines) is 1. The van der Waals surface area contributed by atoms with Crippen molar-refractivity contribution in [2.24, 2.45) is 11.8 Å². The minimum absolute atomic E-state index is 0.556. The molecule has 112 valence electrons. The van der Waals surface area contributed by atoms with Crippen LogP contribution in [-0.2, 0) is 4.74 Å². The highest BCUT2D eigenvalue weighted by Crippen LogP contribution is 2.34. The predicted molar refractivity (Wildman–Crippen MR) is 81.4 cm³/mol. The molecule has 1 aliphatic heterocycles. The Bertz CT molecular complexity index is 242. The van der Waals surface area contributed by atoms with E-state index in [0.717, 1.165) is 11.8 Å². The maximum Gasteiger partial charge on any atom is 0.0603 e. The maximum atomic E-state index is 6.23. The van der Waals surface area contributed by atoms with E-state index in [1.54, 1.807) is 0 Å². The molecule has 0 N–H and O–H groups in total. The molecule has 1 saturated carbocycles. The minimum Gasteiger partial charge on any atom is -0.375 e. The van der Waals surface area contributed by atoms with Crippen molar-refractivity contribution in [3.05, 3.63) is 0 Å². The van der Waals surface area contributed by atoms with Crippen molar-refractivity contribution in [3.8, 4) is 0 Å². The molecular weight excluding hydrogens is 234 g/mol. The molecule has 1 aliphatic carbocycles. The largest absolute Gasteiger partial charge is 0.375 e. The van der Waals surface area contributed by atoms with Crippen molar-refractivity contribution in [1.29, 1.82) is 0 Å². The van der Waals surface area contributed by atoms with Crippen LogP contribution in [-0.4, -0.2) is 36.7 Å². The molecule has 1 atom stereocenters. The van der Waals surface area contributed by atoms with Crippen LogP contribution in [0.1, 0.15) is 65.7 Å². The fraction of sp³-hybridized carbons (Fsp3) is 1.00. The van der Waals surface area contributed by atoms with Crippen LogP contribution in [0.4, 0.5) is 0 Å². The molecule has 1 heterocycles. The Morgan fingerprint density at radius 3 is 2.37 bits per heavy atom. The highest BCUT2D eigenvalue weighted by atomic mass is 16.5. The van der Waals surface area contributed by atoms with E-state index in [0.29, 0.717) is 12.2 Å². The monoisotopic (exact) mass is 267 g/mol. The zero-order valence-corrected chi connectivity index (χ0v) is 13.2. The topological polar surface area (TPSA) is 12.5 Å². The molecule has 2 heteroatoms. The van der Waals surface area contributed by atoms with Crippen molar-refractivity contribution < 1.29 is 4.74 Å². The Morgan fingerprint density at radius 2 is 1.79 bits per heavy atom. The second-order valence-corrected chi connectivity index (χ2v) is 6.90. The average Bonchev–Trinajstić information content (AvgIpc) is 2.35. The van der Waals surface area contributed by atoms with Crippen molar-refractivity contribution >= 4 is 0 Å². The molecule has 0 aromatic rings. The summed E-state index contributed by atoms with van der Waals surface area (Å²) in [5.41, 5.74) is 0. The van der Waals surface area contributed by atoms with Gasteiger partial charge in [0.25, 0.3) is 0 Å². The molecule has 1 unspecified atom stereocenters. The molecule has 2 fully saturated rings. The van der Waals surface area contributed by atoms with Gasteiger partial charge >= 0.3 is 0 Å². The highest BCUT2D eigenvalue weighted by molar-refractivity contribution is 4.82. The first-order chi connectivity index (χ1) is 9.21. The van der Waals surface area contributed by atoms with Gasteiger partial charge in [-0.15, -0.1) is 0 Å². The molecule has 1 saturated heterocycles. The Kier molecular flexibility index (Phi) is 6.15. The van der Waals surface area contributed by atoms with Crippen LogP contribution in [0.25, 0.3) is 0 Å². The summed E-state index contributed by atoms with van der Waals surface area (Å²) >= 11 is 0. The van der Waals surface area contributed by atoms with E-state index in [2.05, 4.69) is 25.7 Å². The Hall–Kier alpha value is -0.0800. The van der Waals surface area contributed by atoms with E-state index in [1.807, 2.05) is 0 Å². The molecule has 0 amide bonds. The summed E-state index contributed by atoms with van der Waals surface area (Å²) in [7, 11) is 0. The van der Waals surface area contributed by atoms with Crippen molar-refractivity contribution in [3.63, 3.8) is 0 Å². The number of rotatable bonds is 7. The molecule has 0 aromatic heterocycles. The molecular formula is C17H33NO. The molecule has 0 bridgehead atoms. The number of hydrogen-bond acceptors (Lipinski definition) is 2. The Morgan fingerprint density at radius 1 is 1.11 bits per heavy atom. The zero-order valence-electron chi connectivity index (χ0n) is 13.2. The third-order valence-corrected chi connectivity index (χ3v) is 5.04. The first kappa shape index (κ1) is 15.3. The van der Waals surface area contributed by atoms with Crippen LogP contribution in [0.2, 0.25) is 0 Å². The van der Waals surface area contributed by atoms with Crippen LogP contribution in [0.15, 0.2) is 0 Å². The number of ether oxygens (including phenoxy) is 1. The van der Waals surface area contributed by atoms with E-state index < -0.39 is 0 Å². The van der Waals surface area contributed by atoms with Crippen LogP contribution in [0, 0.1) is 11.8 Å². The first-order valence-electron chi connectivity index (χ1n) is 8.59. The predicted octanol–water partition coefficient (Wildman–Crippen LogP) is 4.09. The molecule has 0 spiro atoms. The molecule has 19 heavy (non-hydrogen) atoms. The third-order valence-electron chi connectivity index (χ3n) is 5.04. The van der Waals surface area contributed by atoms with Gasteiger partial charge in [-0.05, 0) is 43.9 Å². The van der Waals surface area contributed by atoms with Crippen molar-refractivity contribution in [2.45, 2.75) is 77.9 Å². The Labute approximate surface area is 119 Å². The van der Waals surface area contributed by atoms with Gasteiger partial charge in [0.1, 0.15) is 0 Å². The summed E-state index contributed by atoms with van der Waals surface area (Å²) in [6.07, 6.45) is 10.3. The second kappa shape index (κ2) is 7.64. The molecule has 2 rings (SSSR count). The van der Waals surface area contributed by atoms with E-state index in [9.17, 15) is 0 Å². The average molecular weight is 267 g/mol. The fourth-order valence-electron chi connectivity index (χ4n) is 3.64. The standard InChI is InChI=1S/C17H33NO/c1-4-6-14(3)13-18-9-7-16(8-10-18)19-17-11-15(5-2)12-17/h14-17H,4-13H2,1-3H3/t14?,15-,17-. The summed E-state index contributed by atoms with van der Waals surface area (Å²) in [5, 5.41) is 0. The van der Waals surface area contributed by atoms with Gasteiger partial charge in [-0.3, -0.25) is 0 Å². The smallest absolute Gasteiger partial charge is 0.0603 e. The van der Waals surface area contributed by atoms with Gasteiger partial charge in [-0.2, -0.15) is 0 Å². The van der Waals surface area contributed by atoms with Crippen LogP contribution in [0.5, 0.6) is 0 Å². The van der Waals surface area contributed by atoms with Crippen LogP contribution in [0.3, 0.4) is 0 Å². The van der Waals surface area contributed by atoms with E-state index in [4.69, 9.17) is 4.74 Å². The lowest BCUT2D eigenvalue weighted by Gasteiger charge is -2.40. The summed E-state index contributed by atoms with van der Waals surface area (Å²) in [6.45, 7) is 10.8. The van der Waals surface area contributed by atoms with Gasteiger partial charge in [-0.1, -0.05) is 33.6 Å². The lowest BCUT2D eigenvalue weighted by molar-refractivity contribution is -0.0946. The molecule has 2 nitrogen and oxygen atoms in total. The number of hydrogen-bond donors (Lipinski definition) is 0. The Balaban J connectivity index is 1.58. The first-order valence-corrected chi connectivity index (χ1v) is 8.59. The van der Waals surface area contributed by atoms with Gasteiger partial charge in [0.15, 0.2) is 0 Å². The van der Waals surface area contributed by atoms with Gasteiger partial charge in [0.05, 0.1) is 12.2 Å². The lowest BCUT2D eigenvalue weighted by Crippen LogP contribution is -2.42. The molecule has 2 aliphatic rings. The summed E-state index contributed by atoms with van der Waals surface area (Å²) in [6, 6.07) is 0. The lowest BCUT2D eigenvalue weighted by atomic mass is 9.80. The summed E-state index contributed by atoms with van der Waals surface area (Å²) < 4.78 is 6.23. The number of nitrogens with zero attached hydrogens (tertiary/aromatic N) is 1. The van der Waals surface area contributed by atoms with Gasteiger partial charge in [0.2, 0.25) is 0 Å². The normalized spacial score (nSPS) is 31.1. The highest BCUT2D eigenvalue weighted by Gasteiger charge is 2.31. The van der Waals surface area contributed by atoms with Gasteiger partial charge < -0.3 is 9.64 Å². The van der Waals surface area contributed by atoms with Crippen LogP contribution < -0.4 is 0 Å². The molecule has 0 radical (unpaired) electrons. The SMILES string of the molecule is CCCC(C)CN1CCC(O[C@H]2C[C@H](CC)C2)CC1. The van der Waals surface area contributed by atoms with Gasteiger partial charge in [0, 0.05) is 19.6 Å². The van der Waals surface area contributed by atoms with E-state index in [1.165, 1.54) is 64.6 Å². The molecule has 0 aromatic carbocycles. The quantitative estimate of drug-likeness (QED) is 0.689. The zero-order chi connectivity index (χ0) is 13.7. The van der Waals surface area contributed by atoms with E-state index >= 15 is 0 Å². The van der Waals surface area contributed by atoms with Crippen molar-refractivity contribution in [2.75, 3.05) is 19.6 Å². The maximum absolute atomic E-state index is 6.23. The summed E-state index contributed by atoms with van der Waals surface area (Å²) in [4.78, 5) is 2.65. The van der Waals surface area contributed by atoms with Gasteiger partial charge in [-0.25, -0.2) is 0 Å².